The van der Waals surface area contributed by atoms with Gasteiger partial charge in [-0.1, -0.05) is 115 Å². The number of aliphatic hydroxyl groups is 1. The van der Waals surface area contributed by atoms with Crippen LogP contribution in [0, 0.1) is 5.92 Å². The SMILES string of the molecule is O=C(N[C@H]1CCC=CC[C@H](CC(=O)N2Cc3ccccc3C[C@H]2CO)C(=O)N[C@@H](CSCc2ccccc2)COC1=O)OCC1c2ccccc2-c2ccccc21. The van der Waals surface area contributed by atoms with Gasteiger partial charge in [-0.25, -0.2) is 9.59 Å². The van der Waals surface area contributed by atoms with Crippen LogP contribution in [0.5, 0.6) is 0 Å². The number of ether oxygens (including phenoxy) is 2. The number of allylic oxidation sites excluding steroid dienone is 2. The Morgan fingerprint density at radius 2 is 1.56 bits per heavy atom. The summed E-state index contributed by atoms with van der Waals surface area (Å²) in [6.07, 6.45) is 4.49. The summed E-state index contributed by atoms with van der Waals surface area (Å²) in [6, 6.07) is 32.2. The van der Waals surface area contributed by atoms with Crippen LogP contribution in [0.15, 0.2) is 115 Å². The first-order valence-electron chi connectivity index (χ1n) is 19.7. The minimum Gasteiger partial charge on any atom is -0.462 e. The van der Waals surface area contributed by atoms with Crippen LogP contribution < -0.4 is 10.6 Å². The number of hydrogen-bond acceptors (Lipinski definition) is 8. The Labute approximate surface area is 338 Å². The number of benzene rings is 4. The van der Waals surface area contributed by atoms with Crippen molar-refractivity contribution in [1.29, 1.82) is 0 Å². The molecule has 0 fully saturated rings. The summed E-state index contributed by atoms with van der Waals surface area (Å²) in [4.78, 5) is 56.4. The normalized spacial score (nSPS) is 21.0. The van der Waals surface area contributed by atoms with E-state index in [-0.39, 0.29) is 56.4 Å². The maximum Gasteiger partial charge on any atom is 0.407 e. The van der Waals surface area contributed by atoms with Crippen molar-refractivity contribution in [2.24, 2.45) is 5.92 Å². The molecule has 4 aromatic rings. The minimum absolute atomic E-state index is 0.0372. The topological polar surface area (TPSA) is 134 Å². The van der Waals surface area contributed by atoms with Gasteiger partial charge in [-0.2, -0.15) is 11.8 Å². The molecule has 1 aliphatic carbocycles. The van der Waals surface area contributed by atoms with E-state index in [0.29, 0.717) is 37.3 Å². The maximum atomic E-state index is 14.0. The summed E-state index contributed by atoms with van der Waals surface area (Å²) < 4.78 is 11.6. The molecule has 11 heteroatoms. The summed E-state index contributed by atoms with van der Waals surface area (Å²) in [6.45, 7) is 0.196. The fourth-order valence-electron chi connectivity index (χ4n) is 7.95. The lowest BCUT2D eigenvalue weighted by Crippen LogP contribution is -2.49. The standard InChI is InChI=1S/C46H49N3O7S/c50-26-36-23-32-15-7-8-17-34(32)25-49(36)43(51)24-33-16-5-2-6-22-42(45(53)55-27-35(47-44(33)52)30-57-29-31-13-3-1-4-14-31)48-46(54)56-28-41-39-20-11-9-18-37(39)38-19-10-12-21-40(38)41/h1-5,7-15,17-21,33,35-36,41-42,50H,6,16,22-30H2,(H,47,52)(H,48,54)/t33-,35-,36+,42+/m1/s1. The number of nitrogens with one attached hydrogen (secondary N) is 2. The molecule has 0 spiro atoms. The predicted molar refractivity (Wildman–Crippen MR) is 220 cm³/mol. The smallest absolute Gasteiger partial charge is 0.407 e. The highest BCUT2D eigenvalue weighted by Gasteiger charge is 2.34. The van der Waals surface area contributed by atoms with Crippen LogP contribution >= 0.6 is 11.8 Å². The van der Waals surface area contributed by atoms with Crippen molar-refractivity contribution in [2.45, 2.75) is 68.4 Å². The quantitative estimate of drug-likeness (QED) is 0.122. The number of nitrogens with zero attached hydrogens (tertiary/aromatic N) is 1. The van der Waals surface area contributed by atoms with E-state index in [4.69, 9.17) is 9.47 Å². The van der Waals surface area contributed by atoms with Crippen molar-refractivity contribution in [3.8, 4) is 11.1 Å². The number of carbonyl (C=O) groups is 4. The second kappa shape index (κ2) is 19.2. The molecule has 7 rings (SSSR count). The first-order valence-corrected chi connectivity index (χ1v) is 20.9. The van der Waals surface area contributed by atoms with Crippen LogP contribution in [0.25, 0.3) is 11.1 Å². The zero-order valence-corrected chi connectivity index (χ0v) is 32.7. The molecule has 2 heterocycles. The van der Waals surface area contributed by atoms with Crippen molar-refractivity contribution < 1.29 is 33.8 Å². The average molecular weight is 788 g/mol. The zero-order chi connectivity index (χ0) is 39.6. The Balaban J connectivity index is 1.03. The summed E-state index contributed by atoms with van der Waals surface area (Å²) in [7, 11) is 0. The Morgan fingerprint density at radius 3 is 2.30 bits per heavy atom. The maximum absolute atomic E-state index is 14.0. The first-order chi connectivity index (χ1) is 27.9. The van der Waals surface area contributed by atoms with Gasteiger partial charge >= 0.3 is 12.1 Å². The van der Waals surface area contributed by atoms with Crippen molar-refractivity contribution in [1.82, 2.24) is 15.5 Å². The molecule has 0 aromatic heterocycles. The van der Waals surface area contributed by atoms with Crippen LogP contribution in [0.2, 0.25) is 0 Å². The number of carbonyl (C=O) groups excluding carboxylic acids is 4. The second-order valence-corrected chi connectivity index (χ2v) is 15.9. The Morgan fingerprint density at radius 1 is 0.877 bits per heavy atom. The van der Waals surface area contributed by atoms with Gasteiger partial charge in [0, 0.05) is 30.4 Å². The van der Waals surface area contributed by atoms with E-state index in [2.05, 4.69) is 22.8 Å². The van der Waals surface area contributed by atoms with E-state index < -0.39 is 30.1 Å². The Kier molecular flexibility index (Phi) is 13.4. The molecule has 3 amide bonds. The van der Waals surface area contributed by atoms with E-state index in [1.54, 1.807) is 16.7 Å². The van der Waals surface area contributed by atoms with Gasteiger partial charge in [0.1, 0.15) is 19.3 Å². The molecule has 3 aliphatic rings. The molecule has 57 heavy (non-hydrogen) atoms. The molecular formula is C46H49N3O7S. The summed E-state index contributed by atoms with van der Waals surface area (Å²) >= 11 is 1.60. The molecular weight excluding hydrogens is 739 g/mol. The predicted octanol–water partition coefficient (Wildman–Crippen LogP) is 6.55. The van der Waals surface area contributed by atoms with E-state index >= 15 is 0 Å². The van der Waals surface area contributed by atoms with Gasteiger partial charge in [0.05, 0.1) is 24.6 Å². The fraction of sp³-hybridized carbons (Fsp3) is 0.348. The van der Waals surface area contributed by atoms with Crippen molar-refractivity contribution >= 4 is 35.6 Å². The van der Waals surface area contributed by atoms with Gasteiger partial charge in [-0.3, -0.25) is 9.59 Å². The molecule has 0 bridgehead atoms. The van der Waals surface area contributed by atoms with E-state index in [9.17, 15) is 24.3 Å². The lowest BCUT2D eigenvalue weighted by Gasteiger charge is -2.36. The molecule has 4 atom stereocenters. The number of cyclic esters (lactones) is 1. The van der Waals surface area contributed by atoms with Gasteiger partial charge in [0.2, 0.25) is 11.8 Å². The molecule has 2 aliphatic heterocycles. The van der Waals surface area contributed by atoms with Crippen LogP contribution in [-0.2, 0) is 42.6 Å². The largest absolute Gasteiger partial charge is 0.462 e. The number of amides is 3. The van der Waals surface area contributed by atoms with Crippen LogP contribution in [0.4, 0.5) is 4.79 Å². The zero-order valence-electron chi connectivity index (χ0n) is 31.9. The third-order valence-corrected chi connectivity index (χ3v) is 12.2. The van der Waals surface area contributed by atoms with E-state index in [0.717, 1.165) is 38.9 Å². The molecule has 10 nitrogen and oxygen atoms in total. The van der Waals surface area contributed by atoms with Gasteiger partial charge in [0.15, 0.2) is 0 Å². The lowest BCUT2D eigenvalue weighted by molar-refractivity contribution is -0.147. The molecule has 296 valence electrons. The number of esters is 1. The number of alkyl carbamates (subject to hydrolysis) is 1. The van der Waals surface area contributed by atoms with Crippen molar-refractivity contribution in [2.75, 3.05) is 25.6 Å². The number of rotatable bonds is 10. The molecule has 0 saturated carbocycles. The highest BCUT2D eigenvalue weighted by Crippen LogP contribution is 2.44. The van der Waals surface area contributed by atoms with E-state index in [1.165, 1.54) is 0 Å². The molecule has 4 aromatic carbocycles. The molecule has 0 saturated heterocycles. The van der Waals surface area contributed by atoms with Gasteiger partial charge < -0.3 is 30.1 Å². The Bertz CT molecular complexity index is 2030. The second-order valence-electron chi connectivity index (χ2n) is 14.9. The number of fused-ring (bicyclic) bond motifs is 4. The number of aliphatic hydroxyl groups excluding tert-OH is 1. The first kappa shape index (κ1) is 39.8. The van der Waals surface area contributed by atoms with Gasteiger partial charge in [-0.15, -0.1) is 0 Å². The third-order valence-electron chi connectivity index (χ3n) is 11.0. The number of thioether (sulfide) groups is 1. The summed E-state index contributed by atoms with van der Waals surface area (Å²) in [5.74, 6) is -0.791. The van der Waals surface area contributed by atoms with Gasteiger partial charge in [0.25, 0.3) is 0 Å². The Hall–Kier alpha value is -5.39. The third kappa shape index (κ3) is 9.95. The van der Waals surface area contributed by atoms with Gasteiger partial charge in [-0.05, 0) is 64.6 Å². The summed E-state index contributed by atoms with van der Waals surface area (Å²) in [5, 5.41) is 16.0. The van der Waals surface area contributed by atoms with E-state index in [1.807, 2.05) is 103 Å². The molecule has 0 unspecified atom stereocenters. The monoisotopic (exact) mass is 787 g/mol. The van der Waals surface area contributed by atoms with Crippen LogP contribution in [0.3, 0.4) is 0 Å². The highest BCUT2D eigenvalue weighted by molar-refractivity contribution is 7.98. The minimum atomic E-state index is -0.978. The van der Waals surface area contributed by atoms with Crippen LogP contribution in [-0.4, -0.2) is 77.6 Å². The van der Waals surface area contributed by atoms with Crippen molar-refractivity contribution in [3.63, 3.8) is 0 Å². The van der Waals surface area contributed by atoms with Crippen molar-refractivity contribution in [3.05, 3.63) is 143 Å². The average Bonchev–Trinajstić information content (AvgIpc) is 3.56. The molecule has 0 radical (unpaired) electrons. The number of hydrogen-bond donors (Lipinski definition) is 3. The molecule has 3 N–H and O–H groups in total. The fourth-order valence-corrected chi connectivity index (χ4v) is 8.96. The summed E-state index contributed by atoms with van der Waals surface area (Å²) in [5.41, 5.74) is 7.69. The lowest BCUT2D eigenvalue weighted by atomic mass is 9.92. The highest BCUT2D eigenvalue weighted by atomic mass is 32.2. The van der Waals surface area contributed by atoms with Crippen LogP contribution in [0.1, 0.15) is 59.4 Å².